The predicted molar refractivity (Wildman–Crippen MR) is 87.1 cm³/mol. The van der Waals surface area contributed by atoms with Gasteiger partial charge in [-0.3, -0.25) is 10.1 Å². The van der Waals surface area contributed by atoms with Crippen molar-refractivity contribution in [2.45, 2.75) is 0 Å². The van der Waals surface area contributed by atoms with Crippen molar-refractivity contribution in [1.29, 1.82) is 0 Å². The molecule has 0 saturated heterocycles. The van der Waals surface area contributed by atoms with Gasteiger partial charge in [0.15, 0.2) is 0 Å². The lowest BCUT2D eigenvalue weighted by molar-refractivity contribution is -0.383. The summed E-state index contributed by atoms with van der Waals surface area (Å²) in [6.45, 7) is 1.32. The van der Waals surface area contributed by atoms with Crippen molar-refractivity contribution in [3.05, 3.63) is 28.3 Å². The molecule has 1 aromatic rings. The lowest BCUT2D eigenvalue weighted by atomic mass is 10.2. The summed E-state index contributed by atoms with van der Waals surface area (Å²) in [6.07, 6.45) is 0. The quantitative estimate of drug-likeness (QED) is 0.330. The fourth-order valence-corrected chi connectivity index (χ4v) is 1.92. The number of nitro benzene ring substituents is 1. The number of anilines is 2. The Morgan fingerprint density at radius 3 is 2.45 bits per heavy atom. The lowest BCUT2D eigenvalue weighted by Gasteiger charge is -2.23. The Hall–Kier alpha value is -1.61. The summed E-state index contributed by atoms with van der Waals surface area (Å²) in [4.78, 5) is 12.4. The third-order valence-corrected chi connectivity index (χ3v) is 2.90. The molecule has 0 fully saturated rings. The Bertz CT molecular complexity index is 455. The highest BCUT2D eigenvalue weighted by Gasteiger charge is 2.16. The van der Waals surface area contributed by atoms with Crippen LogP contribution in [0.15, 0.2) is 18.2 Å². The number of benzene rings is 1. The van der Waals surface area contributed by atoms with Gasteiger partial charge in [0.1, 0.15) is 5.69 Å². The highest BCUT2D eigenvalue weighted by Crippen LogP contribution is 2.29. The van der Waals surface area contributed by atoms with Crippen molar-refractivity contribution in [2.24, 2.45) is 0 Å². The minimum atomic E-state index is -0.464. The number of aliphatic hydroxyl groups is 2. The van der Waals surface area contributed by atoms with Gasteiger partial charge in [-0.15, -0.1) is 12.4 Å². The highest BCUT2D eigenvalue weighted by atomic mass is 35.5. The number of hydrogen-bond acceptors (Lipinski definition) is 7. The Balaban J connectivity index is 0.00000441. The van der Waals surface area contributed by atoms with Crippen LogP contribution in [0.4, 0.5) is 17.1 Å². The molecule has 0 radical (unpaired) electrons. The zero-order valence-electron chi connectivity index (χ0n) is 12.4. The largest absolute Gasteiger partial charge is 0.395 e. The second-order valence-electron chi connectivity index (χ2n) is 4.31. The molecule has 0 aromatic heterocycles. The van der Waals surface area contributed by atoms with E-state index < -0.39 is 4.92 Å². The van der Waals surface area contributed by atoms with Gasteiger partial charge < -0.3 is 25.2 Å². The number of methoxy groups -OCH3 is 1. The van der Waals surface area contributed by atoms with Crippen LogP contribution in [0.1, 0.15) is 0 Å². The third-order valence-electron chi connectivity index (χ3n) is 2.90. The number of rotatable bonds is 10. The maximum Gasteiger partial charge on any atom is 0.294 e. The highest BCUT2D eigenvalue weighted by molar-refractivity contribution is 5.85. The third kappa shape index (κ3) is 6.02. The molecule has 0 aliphatic rings. The van der Waals surface area contributed by atoms with Gasteiger partial charge in [0.25, 0.3) is 5.69 Å². The summed E-state index contributed by atoms with van der Waals surface area (Å²) in [5.41, 5.74) is 0.945. The molecule has 9 heteroatoms. The summed E-state index contributed by atoms with van der Waals surface area (Å²) < 4.78 is 4.89. The number of ether oxygens (including phenoxy) is 1. The van der Waals surface area contributed by atoms with Gasteiger partial charge in [-0.1, -0.05) is 0 Å². The smallest absolute Gasteiger partial charge is 0.294 e. The molecule has 0 heterocycles. The molecule has 0 unspecified atom stereocenters. The second kappa shape index (κ2) is 11.0. The first-order chi connectivity index (χ1) is 10.1. The molecule has 8 nitrogen and oxygen atoms in total. The van der Waals surface area contributed by atoms with Gasteiger partial charge in [-0.2, -0.15) is 0 Å². The van der Waals surface area contributed by atoms with E-state index in [-0.39, 0.29) is 31.3 Å². The Labute approximate surface area is 135 Å². The summed E-state index contributed by atoms with van der Waals surface area (Å²) >= 11 is 0. The van der Waals surface area contributed by atoms with Crippen molar-refractivity contribution >= 4 is 29.5 Å². The lowest BCUT2D eigenvalue weighted by Crippen LogP contribution is -2.29. The Kier molecular flexibility index (Phi) is 10.2. The molecule has 1 aromatic carbocycles. The molecule has 0 saturated carbocycles. The molecule has 0 bridgehead atoms. The minimum Gasteiger partial charge on any atom is -0.395 e. The molecule has 0 aliphatic heterocycles. The fourth-order valence-electron chi connectivity index (χ4n) is 1.92. The van der Waals surface area contributed by atoms with E-state index >= 15 is 0 Å². The van der Waals surface area contributed by atoms with Crippen LogP contribution in [-0.4, -0.2) is 61.7 Å². The number of hydrogen-bond donors (Lipinski definition) is 3. The zero-order chi connectivity index (χ0) is 15.7. The predicted octanol–water partition coefficient (Wildman–Crippen LogP) is 0.866. The zero-order valence-corrected chi connectivity index (χ0v) is 13.2. The van der Waals surface area contributed by atoms with Crippen LogP contribution < -0.4 is 10.2 Å². The van der Waals surface area contributed by atoms with Crippen LogP contribution in [0.2, 0.25) is 0 Å². The number of nitro groups is 1. The van der Waals surface area contributed by atoms with Crippen LogP contribution in [0, 0.1) is 10.1 Å². The molecule has 1 rings (SSSR count). The van der Waals surface area contributed by atoms with Crippen molar-refractivity contribution in [2.75, 3.05) is 56.8 Å². The van der Waals surface area contributed by atoms with Gasteiger partial charge in [0, 0.05) is 38.5 Å². The summed E-state index contributed by atoms with van der Waals surface area (Å²) in [7, 11) is 1.56. The monoisotopic (exact) mass is 335 g/mol. The van der Waals surface area contributed by atoms with Crippen LogP contribution in [0.3, 0.4) is 0 Å². The summed E-state index contributed by atoms with van der Waals surface area (Å²) in [5.74, 6) is 0. The maximum absolute atomic E-state index is 11.2. The van der Waals surface area contributed by atoms with Crippen LogP contribution >= 0.6 is 12.4 Å². The molecule has 0 atom stereocenters. The molecule has 0 amide bonds. The van der Waals surface area contributed by atoms with E-state index in [9.17, 15) is 10.1 Å². The average molecular weight is 336 g/mol. The van der Waals surface area contributed by atoms with Crippen molar-refractivity contribution in [3.63, 3.8) is 0 Å². The molecule has 0 aliphatic carbocycles. The van der Waals surface area contributed by atoms with E-state index in [0.29, 0.717) is 37.6 Å². The Morgan fingerprint density at radius 1 is 1.32 bits per heavy atom. The normalized spacial score (nSPS) is 9.95. The van der Waals surface area contributed by atoms with Gasteiger partial charge in [-0.25, -0.2) is 0 Å². The van der Waals surface area contributed by atoms with E-state index in [0.717, 1.165) is 0 Å². The summed E-state index contributed by atoms with van der Waals surface area (Å²) in [5, 5.41) is 32.1. The van der Waals surface area contributed by atoms with Crippen molar-refractivity contribution < 1.29 is 19.9 Å². The first-order valence-electron chi connectivity index (χ1n) is 6.62. The van der Waals surface area contributed by atoms with Crippen molar-refractivity contribution in [3.8, 4) is 0 Å². The van der Waals surface area contributed by atoms with E-state index in [4.69, 9.17) is 14.9 Å². The van der Waals surface area contributed by atoms with Gasteiger partial charge in [0.05, 0.1) is 24.7 Å². The average Bonchev–Trinajstić information content (AvgIpc) is 2.47. The summed E-state index contributed by atoms with van der Waals surface area (Å²) in [6, 6.07) is 4.76. The molecular formula is C13H22ClN3O5. The minimum absolute atomic E-state index is 0. The van der Waals surface area contributed by atoms with Crippen LogP contribution in [0.5, 0.6) is 0 Å². The van der Waals surface area contributed by atoms with Crippen LogP contribution in [-0.2, 0) is 4.74 Å². The van der Waals surface area contributed by atoms with Gasteiger partial charge in [-0.05, 0) is 12.1 Å². The number of nitrogens with one attached hydrogen (secondary N) is 1. The fraction of sp³-hybridized carbons (Fsp3) is 0.538. The Morgan fingerprint density at radius 2 is 1.95 bits per heavy atom. The SMILES string of the molecule is COCCNc1ccc(N(CCO)CCO)cc1[N+](=O)[O-].Cl. The molecule has 3 N–H and O–H groups in total. The second-order valence-corrected chi connectivity index (χ2v) is 4.31. The first-order valence-corrected chi connectivity index (χ1v) is 6.62. The maximum atomic E-state index is 11.2. The molecule has 0 spiro atoms. The van der Waals surface area contributed by atoms with E-state index in [1.165, 1.54) is 6.07 Å². The first kappa shape index (κ1) is 20.4. The van der Waals surface area contributed by atoms with E-state index in [1.54, 1.807) is 24.1 Å². The number of halogens is 1. The van der Waals surface area contributed by atoms with Crippen molar-refractivity contribution in [1.82, 2.24) is 0 Å². The van der Waals surface area contributed by atoms with Gasteiger partial charge >= 0.3 is 0 Å². The standard InChI is InChI=1S/C13H21N3O5.ClH/c1-21-9-4-14-12-3-2-11(10-13(12)16(19)20)15(5-7-17)6-8-18;/h2-3,10,14,17-18H,4-9H2,1H3;1H. The number of aliphatic hydroxyl groups excluding tert-OH is 2. The van der Waals surface area contributed by atoms with E-state index in [2.05, 4.69) is 5.32 Å². The number of nitrogens with zero attached hydrogens (tertiary/aromatic N) is 2. The molecular weight excluding hydrogens is 314 g/mol. The molecule has 126 valence electrons. The van der Waals surface area contributed by atoms with E-state index in [1.807, 2.05) is 0 Å². The topological polar surface area (TPSA) is 108 Å². The van der Waals surface area contributed by atoms with Gasteiger partial charge in [0.2, 0.25) is 0 Å². The molecule has 22 heavy (non-hydrogen) atoms. The van der Waals surface area contributed by atoms with Crippen LogP contribution in [0.25, 0.3) is 0 Å².